The third-order valence-electron chi connectivity index (χ3n) is 12.1. The van der Waals surface area contributed by atoms with Crippen molar-refractivity contribution in [2.75, 3.05) is 0 Å². The molecule has 3 nitrogen and oxygen atoms in total. The Bertz CT molecular complexity index is 3110. The van der Waals surface area contributed by atoms with Crippen molar-refractivity contribution in [3.63, 3.8) is 0 Å². The first-order valence-corrected chi connectivity index (χ1v) is 20.8. The smallest absolute Gasteiger partial charge is 0.164 e. The molecule has 1 aliphatic carbocycles. The molecule has 0 atom stereocenters. The minimum absolute atomic E-state index is 0.551. The van der Waals surface area contributed by atoms with Gasteiger partial charge in [0.15, 0.2) is 17.5 Å². The zero-order valence-corrected chi connectivity index (χ0v) is 33.4. The topological polar surface area (TPSA) is 38.7 Å². The number of aromatic nitrogens is 3. The van der Waals surface area contributed by atoms with E-state index in [1.807, 2.05) is 6.07 Å². The van der Waals surface area contributed by atoms with Crippen molar-refractivity contribution in [3.8, 4) is 78.7 Å². The first-order valence-electron chi connectivity index (χ1n) is 20.8. The molecule has 286 valence electrons. The van der Waals surface area contributed by atoms with Gasteiger partial charge in [-0.2, -0.15) is 0 Å². The number of nitrogens with zero attached hydrogens (tertiary/aromatic N) is 3. The van der Waals surface area contributed by atoms with Gasteiger partial charge in [-0.05, 0) is 85.0 Å². The summed E-state index contributed by atoms with van der Waals surface area (Å²) in [7, 11) is 0. The van der Waals surface area contributed by atoms with Gasteiger partial charge in [-0.3, -0.25) is 0 Å². The average molecular weight is 778 g/mol. The van der Waals surface area contributed by atoms with E-state index in [1.165, 1.54) is 33.4 Å². The fourth-order valence-electron chi connectivity index (χ4n) is 9.19. The van der Waals surface area contributed by atoms with Crippen molar-refractivity contribution in [1.82, 2.24) is 15.0 Å². The molecule has 0 fully saturated rings. The first-order chi connectivity index (χ1) is 30.2. The Morgan fingerprint density at radius 1 is 0.230 bits per heavy atom. The third kappa shape index (κ3) is 6.35. The maximum Gasteiger partial charge on any atom is 0.164 e. The van der Waals surface area contributed by atoms with Crippen LogP contribution in [0.3, 0.4) is 0 Å². The summed E-state index contributed by atoms with van der Waals surface area (Å²) in [4.78, 5) is 16.0. The summed E-state index contributed by atoms with van der Waals surface area (Å²) in [5.74, 6) is 1.85. The standard InChI is InChI=1S/C58H39N3/c1-6-18-40(19-7-1)42-30-32-44(33-31-42)55-59-56(61-57(60-55)51-37-34-45(41-20-8-2-9-21-41)38-52(51)43-22-10-3-11-23-43)46-35-36-50-49-28-16-17-29-53(49)58(54(50)39-46,47-24-12-4-13-25-47)48-26-14-5-15-27-48/h1-39H. The first kappa shape index (κ1) is 36.1. The van der Waals surface area contributed by atoms with Crippen LogP contribution in [0.1, 0.15) is 22.3 Å². The Hall–Kier alpha value is -8.01. The molecule has 1 aromatic heterocycles. The highest BCUT2D eigenvalue weighted by Gasteiger charge is 2.46. The normalized spacial score (nSPS) is 12.4. The predicted molar refractivity (Wildman–Crippen MR) is 250 cm³/mol. The molecule has 9 aromatic carbocycles. The van der Waals surface area contributed by atoms with Gasteiger partial charge in [-0.1, -0.05) is 218 Å². The van der Waals surface area contributed by atoms with Gasteiger partial charge < -0.3 is 0 Å². The Kier molecular flexibility index (Phi) is 9.05. The van der Waals surface area contributed by atoms with Gasteiger partial charge in [0.2, 0.25) is 0 Å². The van der Waals surface area contributed by atoms with Gasteiger partial charge in [0.05, 0.1) is 5.41 Å². The highest BCUT2D eigenvalue weighted by atomic mass is 15.0. The maximum absolute atomic E-state index is 5.40. The second-order valence-corrected chi connectivity index (χ2v) is 15.5. The van der Waals surface area contributed by atoms with E-state index in [1.54, 1.807) is 0 Å². The molecule has 0 saturated heterocycles. The lowest BCUT2D eigenvalue weighted by Gasteiger charge is -2.34. The van der Waals surface area contributed by atoms with Crippen LogP contribution >= 0.6 is 0 Å². The Morgan fingerprint density at radius 3 is 1.26 bits per heavy atom. The molecule has 0 bridgehead atoms. The second kappa shape index (κ2) is 15.3. The minimum atomic E-state index is -0.551. The molecule has 1 aliphatic rings. The zero-order chi connectivity index (χ0) is 40.6. The summed E-state index contributed by atoms with van der Waals surface area (Å²) in [6.45, 7) is 0. The number of fused-ring (bicyclic) bond motifs is 3. The predicted octanol–water partition coefficient (Wildman–Crippen LogP) is 14.2. The summed E-state index contributed by atoms with van der Waals surface area (Å²) < 4.78 is 0. The second-order valence-electron chi connectivity index (χ2n) is 15.5. The fourth-order valence-corrected chi connectivity index (χ4v) is 9.19. The van der Waals surface area contributed by atoms with E-state index in [4.69, 9.17) is 15.0 Å². The van der Waals surface area contributed by atoms with Gasteiger partial charge in [-0.15, -0.1) is 0 Å². The van der Waals surface area contributed by atoms with Crippen molar-refractivity contribution < 1.29 is 0 Å². The molecule has 0 saturated carbocycles. The fraction of sp³-hybridized carbons (Fsp3) is 0.0172. The molecule has 0 radical (unpaired) electrons. The number of hydrogen-bond acceptors (Lipinski definition) is 3. The van der Waals surface area contributed by atoms with E-state index in [2.05, 4.69) is 231 Å². The van der Waals surface area contributed by atoms with Gasteiger partial charge in [0.25, 0.3) is 0 Å². The van der Waals surface area contributed by atoms with Crippen molar-refractivity contribution in [1.29, 1.82) is 0 Å². The van der Waals surface area contributed by atoms with Crippen LogP contribution in [0.25, 0.3) is 78.7 Å². The number of hydrogen-bond donors (Lipinski definition) is 0. The van der Waals surface area contributed by atoms with Crippen LogP contribution in [0, 0.1) is 0 Å². The van der Waals surface area contributed by atoms with Gasteiger partial charge in [0.1, 0.15) is 0 Å². The third-order valence-corrected chi connectivity index (χ3v) is 12.1. The van der Waals surface area contributed by atoms with Gasteiger partial charge in [0, 0.05) is 16.7 Å². The lowest BCUT2D eigenvalue weighted by Crippen LogP contribution is -2.28. The molecule has 0 spiro atoms. The molecule has 0 unspecified atom stereocenters. The minimum Gasteiger partial charge on any atom is -0.208 e. The summed E-state index contributed by atoms with van der Waals surface area (Å²) in [5, 5.41) is 0. The van der Waals surface area contributed by atoms with Crippen molar-refractivity contribution in [3.05, 3.63) is 259 Å². The van der Waals surface area contributed by atoms with E-state index >= 15 is 0 Å². The largest absolute Gasteiger partial charge is 0.208 e. The monoisotopic (exact) mass is 777 g/mol. The number of rotatable bonds is 8. The SMILES string of the molecule is c1ccc(-c2ccc(-c3nc(-c4ccc5c(c4)C(c4ccccc4)(c4ccccc4)c4ccccc4-5)nc(-c4ccc(-c5ccccc5)cc4-c4ccccc4)n3)cc2)cc1. The molecule has 0 N–H and O–H groups in total. The Balaban J connectivity index is 1.14. The van der Waals surface area contributed by atoms with Crippen molar-refractivity contribution in [2.24, 2.45) is 0 Å². The lowest BCUT2D eigenvalue weighted by atomic mass is 9.67. The maximum atomic E-state index is 5.40. The molecule has 0 amide bonds. The molecule has 10 aromatic rings. The molecule has 0 aliphatic heterocycles. The molecular formula is C58H39N3. The van der Waals surface area contributed by atoms with Crippen LogP contribution in [-0.2, 0) is 5.41 Å². The van der Waals surface area contributed by atoms with Crippen LogP contribution in [-0.4, -0.2) is 15.0 Å². The van der Waals surface area contributed by atoms with Crippen LogP contribution in [0.2, 0.25) is 0 Å². The highest BCUT2D eigenvalue weighted by Crippen LogP contribution is 2.56. The lowest BCUT2D eigenvalue weighted by molar-refractivity contribution is 0.768. The molecule has 11 rings (SSSR count). The van der Waals surface area contributed by atoms with E-state index in [0.717, 1.165) is 50.1 Å². The Labute approximate surface area is 356 Å². The average Bonchev–Trinajstić information content (AvgIpc) is 3.65. The summed E-state index contributed by atoms with van der Waals surface area (Å²) in [6, 6.07) is 84.1. The van der Waals surface area contributed by atoms with Crippen molar-refractivity contribution in [2.45, 2.75) is 5.41 Å². The van der Waals surface area contributed by atoms with E-state index < -0.39 is 5.41 Å². The van der Waals surface area contributed by atoms with E-state index in [-0.39, 0.29) is 0 Å². The van der Waals surface area contributed by atoms with E-state index in [9.17, 15) is 0 Å². The highest BCUT2D eigenvalue weighted by molar-refractivity contribution is 5.89. The summed E-state index contributed by atoms with van der Waals surface area (Å²) in [6.07, 6.45) is 0. The van der Waals surface area contributed by atoms with Gasteiger partial charge >= 0.3 is 0 Å². The van der Waals surface area contributed by atoms with Crippen LogP contribution < -0.4 is 0 Å². The molecule has 61 heavy (non-hydrogen) atoms. The van der Waals surface area contributed by atoms with E-state index in [0.29, 0.717) is 17.5 Å². The van der Waals surface area contributed by atoms with Crippen LogP contribution in [0.15, 0.2) is 237 Å². The summed E-state index contributed by atoms with van der Waals surface area (Å²) in [5.41, 5.74) is 16.3. The van der Waals surface area contributed by atoms with Crippen LogP contribution in [0.5, 0.6) is 0 Å². The molecule has 1 heterocycles. The van der Waals surface area contributed by atoms with Crippen molar-refractivity contribution >= 4 is 0 Å². The molecule has 3 heteroatoms. The quantitative estimate of drug-likeness (QED) is 0.154. The van der Waals surface area contributed by atoms with Crippen LogP contribution in [0.4, 0.5) is 0 Å². The number of benzene rings is 9. The summed E-state index contributed by atoms with van der Waals surface area (Å²) >= 11 is 0. The zero-order valence-electron chi connectivity index (χ0n) is 33.4. The van der Waals surface area contributed by atoms with Gasteiger partial charge in [-0.25, -0.2) is 15.0 Å². The molecular weight excluding hydrogens is 739 g/mol. The Morgan fingerprint density at radius 2 is 0.639 bits per heavy atom.